The van der Waals surface area contributed by atoms with E-state index in [0.717, 1.165) is 16.2 Å². The SMILES string of the molecule is O=S(=O)(O)c1cccc2c1ccc1ccccc12.[H-].[H-].[Mg+2]. The molecule has 0 aliphatic heterocycles. The van der Waals surface area contributed by atoms with Crippen LogP contribution >= 0.6 is 0 Å². The summed E-state index contributed by atoms with van der Waals surface area (Å²) < 4.78 is 31.9. The maximum absolute atomic E-state index is 11.3. The van der Waals surface area contributed by atoms with Crippen LogP contribution in [0.25, 0.3) is 21.5 Å². The van der Waals surface area contributed by atoms with Crippen LogP contribution in [0.4, 0.5) is 0 Å². The number of benzene rings is 3. The first-order chi connectivity index (χ1) is 8.57. The third-order valence-corrected chi connectivity index (χ3v) is 3.94. The molecule has 0 aliphatic rings. The van der Waals surface area contributed by atoms with Crippen LogP contribution < -0.4 is 0 Å². The molecule has 0 spiro atoms. The molecule has 0 saturated carbocycles. The monoisotopic (exact) mass is 284 g/mol. The van der Waals surface area contributed by atoms with Crippen molar-refractivity contribution >= 4 is 54.7 Å². The Kier molecular flexibility index (Phi) is 3.82. The first kappa shape index (κ1) is 14.3. The second kappa shape index (κ2) is 5.09. The molecule has 0 atom stereocenters. The van der Waals surface area contributed by atoms with E-state index >= 15 is 0 Å². The second-order valence-electron chi connectivity index (χ2n) is 4.11. The smallest absolute Gasteiger partial charge is 1.00 e. The van der Waals surface area contributed by atoms with Crippen LogP contribution in [0.5, 0.6) is 0 Å². The van der Waals surface area contributed by atoms with Crippen molar-refractivity contribution in [1.29, 1.82) is 0 Å². The first-order valence-electron chi connectivity index (χ1n) is 5.45. The Morgan fingerprint density at radius 3 is 2.21 bits per heavy atom. The fraction of sp³-hybridized carbons (Fsp3) is 0. The zero-order chi connectivity index (χ0) is 12.8. The van der Waals surface area contributed by atoms with Gasteiger partial charge in [-0.05, 0) is 22.2 Å². The molecule has 94 valence electrons. The van der Waals surface area contributed by atoms with E-state index in [1.807, 2.05) is 36.4 Å². The molecule has 5 heteroatoms. The molecule has 3 aromatic carbocycles. The van der Waals surface area contributed by atoms with Crippen LogP contribution in [0.15, 0.2) is 59.5 Å². The molecule has 0 radical (unpaired) electrons. The van der Waals surface area contributed by atoms with Gasteiger partial charge in [0.1, 0.15) is 4.90 Å². The molecule has 1 N–H and O–H groups in total. The minimum Gasteiger partial charge on any atom is -1.00 e. The molecule has 19 heavy (non-hydrogen) atoms. The molecular formula is C14H12MgO3S. The van der Waals surface area contributed by atoms with E-state index in [-0.39, 0.29) is 30.8 Å². The van der Waals surface area contributed by atoms with Crippen LogP contribution in [0.3, 0.4) is 0 Å². The van der Waals surface area contributed by atoms with Gasteiger partial charge in [-0.3, -0.25) is 4.55 Å². The predicted octanol–water partition coefficient (Wildman–Crippen LogP) is 3.08. The summed E-state index contributed by atoms with van der Waals surface area (Å²) in [6.45, 7) is 0. The van der Waals surface area contributed by atoms with Gasteiger partial charge in [-0.2, -0.15) is 8.42 Å². The Morgan fingerprint density at radius 2 is 1.47 bits per heavy atom. The van der Waals surface area contributed by atoms with E-state index in [9.17, 15) is 13.0 Å². The molecule has 0 heterocycles. The van der Waals surface area contributed by atoms with E-state index in [2.05, 4.69) is 0 Å². The fourth-order valence-corrected chi connectivity index (χ4v) is 2.94. The van der Waals surface area contributed by atoms with Crippen molar-refractivity contribution in [3.8, 4) is 0 Å². The van der Waals surface area contributed by atoms with Crippen LogP contribution in [-0.4, -0.2) is 36.0 Å². The van der Waals surface area contributed by atoms with Crippen LogP contribution in [0, 0.1) is 0 Å². The number of rotatable bonds is 1. The van der Waals surface area contributed by atoms with E-state index < -0.39 is 10.1 Å². The van der Waals surface area contributed by atoms with Crippen molar-refractivity contribution < 1.29 is 15.8 Å². The third kappa shape index (κ3) is 2.46. The number of hydrogen-bond donors (Lipinski definition) is 1. The topological polar surface area (TPSA) is 54.4 Å². The zero-order valence-electron chi connectivity index (χ0n) is 12.1. The summed E-state index contributed by atoms with van der Waals surface area (Å²) in [5.74, 6) is 0. The van der Waals surface area contributed by atoms with E-state index in [0.29, 0.717) is 5.39 Å². The molecule has 0 saturated heterocycles. The number of hydrogen-bond acceptors (Lipinski definition) is 2. The second-order valence-corrected chi connectivity index (χ2v) is 5.50. The van der Waals surface area contributed by atoms with Gasteiger partial charge in [0.05, 0.1) is 0 Å². The Morgan fingerprint density at radius 1 is 0.789 bits per heavy atom. The summed E-state index contributed by atoms with van der Waals surface area (Å²) in [5.41, 5.74) is 0. The quantitative estimate of drug-likeness (QED) is 0.424. The maximum Gasteiger partial charge on any atom is 2.00 e. The van der Waals surface area contributed by atoms with Gasteiger partial charge in [0.15, 0.2) is 0 Å². The molecule has 3 aromatic rings. The Labute approximate surface area is 130 Å². The average molecular weight is 285 g/mol. The molecule has 0 fully saturated rings. The average Bonchev–Trinajstić information content (AvgIpc) is 2.36. The molecule has 0 unspecified atom stereocenters. The third-order valence-electron chi connectivity index (χ3n) is 3.02. The van der Waals surface area contributed by atoms with Crippen molar-refractivity contribution in [2.75, 3.05) is 0 Å². The van der Waals surface area contributed by atoms with Gasteiger partial charge in [-0.15, -0.1) is 0 Å². The summed E-state index contributed by atoms with van der Waals surface area (Å²) >= 11 is 0. The predicted molar refractivity (Wildman–Crippen MR) is 79.2 cm³/mol. The Hall–Kier alpha value is -1.14. The van der Waals surface area contributed by atoms with Gasteiger partial charge in [0, 0.05) is 5.39 Å². The van der Waals surface area contributed by atoms with Crippen molar-refractivity contribution in [1.82, 2.24) is 0 Å². The van der Waals surface area contributed by atoms with E-state index in [1.165, 1.54) is 6.07 Å². The fourth-order valence-electron chi connectivity index (χ4n) is 2.24. The molecule has 3 nitrogen and oxygen atoms in total. The van der Waals surface area contributed by atoms with E-state index in [1.54, 1.807) is 12.1 Å². The molecule has 0 aliphatic carbocycles. The zero-order valence-corrected chi connectivity index (χ0v) is 12.3. The standard InChI is InChI=1S/C14H10O3S.Mg.2H/c15-18(16,17)14-7-3-6-12-11-5-2-1-4-10(11)8-9-13(12)14;;;/h1-9H,(H,15,16,17);;;/q;+2;2*-1. The van der Waals surface area contributed by atoms with Crippen LogP contribution in [0.2, 0.25) is 0 Å². The molecule has 0 amide bonds. The van der Waals surface area contributed by atoms with E-state index in [4.69, 9.17) is 0 Å². The Bertz CT molecular complexity index is 866. The summed E-state index contributed by atoms with van der Waals surface area (Å²) in [6, 6.07) is 16.2. The van der Waals surface area contributed by atoms with Crippen molar-refractivity contribution in [3.63, 3.8) is 0 Å². The van der Waals surface area contributed by atoms with Crippen LogP contribution in [0.1, 0.15) is 2.85 Å². The van der Waals surface area contributed by atoms with Gasteiger partial charge in [0.25, 0.3) is 10.1 Å². The van der Waals surface area contributed by atoms with Crippen LogP contribution in [-0.2, 0) is 10.1 Å². The van der Waals surface area contributed by atoms with Crippen molar-refractivity contribution in [3.05, 3.63) is 54.6 Å². The maximum atomic E-state index is 11.3. The summed E-state index contributed by atoms with van der Waals surface area (Å²) in [7, 11) is -4.20. The first-order valence-corrected chi connectivity index (χ1v) is 6.89. The van der Waals surface area contributed by atoms with Gasteiger partial charge >= 0.3 is 23.1 Å². The molecule has 0 bridgehead atoms. The molecule has 3 rings (SSSR count). The molecular weight excluding hydrogens is 273 g/mol. The minimum atomic E-state index is -4.20. The largest absolute Gasteiger partial charge is 2.00 e. The number of fused-ring (bicyclic) bond motifs is 3. The van der Waals surface area contributed by atoms with Gasteiger partial charge in [0.2, 0.25) is 0 Å². The van der Waals surface area contributed by atoms with Gasteiger partial charge < -0.3 is 2.85 Å². The van der Waals surface area contributed by atoms with Gasteiger partial charge in [-0.25, -0.2) is 0 Å². The summed E-state index contributed by atoms with van der Waals surface area (Å²) in [6.07, 6.45) is 0. The normalized spacial score (nSPS) is 11.4. The van der Waals surface area contributed by atoms with Crippen molar-refractivity contribution in [2.45, 2.75) is 4.90 Å². The van der Waals surface area contributed by atoms with Gasteiger partial charge in [-0.1, -0.05) is 48.5 Å². The summed E-state index contributed by atoms with van der Waals surface area (Å²) in [4.78, 5) is -0.0502. The summed E-state index contributed by atoms with van der Waals surface area (Å²) in [5, 5.41) is 3.37. The van der Waals surface area contributed by atoms with Crippen molar-refractivity contribution in [2.24, 2.45) is 0 Å². The minimum absolute atomic E-state index is 0. The Balaban J connectivity index is 0.00000133. The molecule has 0 aromatic heterocycles.